The van der Waals surface area contributed by atoms with E-state index in [-0.39, 0.29) is 37.8 Å². The summed E-state index contributed by atoms with van der Waals surface area (Å²) in [6.45, 7) is 0. The number of methoxy groups -OCH3 is 1. The topological polar surface area (TPSA) is 78.8 Å². The summed E-state index contributed by atoms with van der Waals surface area (Å²) in [5.41, 5.74) is -1.39. The zero-order valence-corrected chi connectivity index (χ0v) is 13.7. The monoisotopic (exact) mass is 359 g/mol. The number of nitriles is 1. The van der Waals surface area contributed by atoms with Gasteiger partial charge in [0, 0.05) is 0 Å². The maximum atomic E-state index is 14.6. The predicted molar refractivity (Wildman–Crippen MR) is 83.3 cm³/mol. The molecule has 0 aliphatic heterocycles. The average Bonchev–Trinajstić information content (AvgIpc) is 2.46. The van der Waals surface area contributed by atoms with Crippen LogP contribution in [0.25, 0.3) is 11.3 Å². The van der Waals surface area contributed by atoms with E-state index in [0.717, 1.165) is 11.8 Å². The van der Waals surface area contributed by atoms with Crippen LogP contribution in [0.5, 0.6) is 5.75 Å². The van der Waals surface area contributed by atoms with Crippen molar-refractivity contribution in [2.75, 3.05) is 13.4 Å². The molecule has 0 atom stereocenters. The first-order valence-corrected chi connectivity index (χ1v) is 7.72. The summed E-state index contributed by atoms with van der Waals surface area (Å²) in [5.74, 6) is -1.13. The van der Waals surface area contributed by atoms with Crippen molar-refractivity contribution in [3.63, 3.8) is 0 Å². The van der Waals surface area contributed by atoms with Crippen molar-refractivity contribution < 1.29 is 9.13 Å². The number of aromatic amines is 1. The fourth-order valence-electron chi connectivity index (χ4n) is 1.81. The number of thioether (sulfide) groups is 1. The molecule has 0 bridgehead atoms. The van der Waals surface area contributed by atoms with Gasteiger partial charge in [-0.2, -0.15) is 5.26 Å². The Morgan fingerprint density at radius 1 is 1.45 bits per heavy atom. The lowest BCUT2D eigenvalue weighted by Gasteiger charge is -2.12. The third-order valence-corrected chi connectivity index (χ3v) is 3.93. The first-order chi connectivity index (χ1) is 10.4. The van der Waals surface area contributed by atoms with Crippen molar-refractivity contribution in [2.45, 2.75) is 5.16 Å². The standard InChI is InChI=1S/C13H8Cl2FN3O2S/c1-21-11-7(15)3-6(14)8(9(11)16)10-5(4-17)12(20)19-13(18-10)22-2/h3H,1-2H3,(H,18,19,20). The van der Waals surface area contributed by atoms with Gasteiger partial charge in [0.15, 0.2) is 16.7 Å². The molecule has 9 heteroatoms. The van der Waals surface area contributed by atoms with Crippen LogP contribution in [0.2, 0.25) is 10.0 Å². The molecule has 0 radical (unpaired) electrons. The minimum Gasteiger partial charge on any atom is -0.492 e. The summed E-state index contributed by atoms with van der Waals surface area (Å²) in [6, 6.07) is 2.97. The Morgan fingerprint density at radius 3 is 2.68 bits per heavy atom. The van der Waals surface area contributed by atoms with Crippen molar-refractivity contribution in [3.8, 4) is 23.1 Å². The van der Waals surface area contributed by atoms with Gasteiger partial charge < -0.3 is 9.72 Å². The van der Waals surface area contributed by atoms with Crippen molar-refractivity contribution in [2.24, 2.45) is 0 Å². The van der Waals surface area contributed by atoms with Gasteiger partial charge in [-0.05, 0) is 12.3 Å². The van der Waals surface area contributed by atoms with E-state index < -0.39 is 11.4 Å². The molecule has 0 aliphatic carbocycles. The summed E-state index contributed by atoms with van der Waals surface area (Å²) in [6.07, 6.45) is 1.68. The second-order valence-electron chi connectivity index (χ2n) is 3.97. The molecule has 2 rings (SSSR count). The molecule has 0 aliphatic rings. The molecule has 0 fully saturated rings. The smallest absolute Gasteiger partial charge is 0.270 e. The molecule has 114 valence electrons. The summed E-state index contributed by atoms with van der Waals surface area (Å²) in [7, 11) is 1.24. The summed E-state index contributed by atoms with van der Waals surface area (Å²) in [4.78, 5) is 18.4. The Balaban J connectivity index is 2.91. The molecule has 22 heavy (non-hydrogen) atoms. The Hall–Kier alpha value is -1.75. The normalized spacial score (nSPS) is 10.4. The largest absolute Gasteiger partial charge is 0.492 e. The highest BCUT2D eigenvalue weighted by molar-refractivity contribution is 7.98. The lowest BCUT2D eigenvalue weighted by molar-refractivity contribution is 0.387. The van der Waals surface area contributed by atoms with E-state index in [0.29, 0.717) is 0 Å². The highest BCUT2D eigenvalue weighted by Crippen LogP contribution is 2.40. The number of ether oxygens (including phenoxy) is 1. The van der Waals surface area contributed by atoms with Gasteiger partial charge in [0.1, 0.15) is 17.3 Å². The Morgan fingerprint density at radius 2 is 2.14 bits per heavy atom. The van der Waals surface area contributed by atoms with Gasteiger partial charge in [-0.1, -0.05) is 35.0 Å². The highest BCUT2D eigenvalue weighted by Gasteiger charge is 2.24. The van der Waals surface area contributed by atoms with E-state index in [9.17, 15) is 9.18 Å². The minimum absolute atomic E-state index is 0.0258. The van der Waals surface area contributed by atoms with Crippen LogP contribution in [0.4, 0.5) is 4.39 Å². The molecule has 1 N–H and O–H groups in total. The lowest BCUT2D eigenvalue weighted by atomic mass is 10.1. The number of hydrogen-bond acceptors (Lipinski definition) is 5. The Labute approximate surface area is 139 Å². The van der Waals surface area contributed by atoms with Crippen LogP contribution < -0.4 is 10.3 Å². The van der Waals surface area contributed by atoms with E-state index in [1.807, 2.05) is 0 Å². The van der Waals surface area contributed by atoms with Crippen LogP contribution in [-0.2, 0) is 0 Å². The number of H-pyrrole nitrogens is 1. The number of nitrogens with zero attached hydrogens (tertiary/aromatic N) is 2. The molecule has 0 saturated carbocycles. The minimum atomic E-state index is -0.887. The van der Waals surface area contributed by atoms with Gasteiger partial charge in [0.25, 0.3) is 5.56 Å². The quantitative estimate of drug-likeness (QED) is 0.670. The number of hydrogen-bond donors (Lipinski definition) is 1. The zero-order chi connectivity index (χ0) is 16.4. The molecule has 0 saturated heterocycles. The summed E-state index contributed by atoms with van der Waals surface area (Å²) in [5, 5.41) is 9.27. The van der Waals surface area contributed by atoms with Crippen molar-refractivity contribution in [1.29, 1.82) is 5.26 Å². The van der Waals surface area contributed by atoms with Crippen LogP contribution in [0, 0.1) is 17.1 Å². The highest BCUT2D eigenvalue weighted by atomic mass is 35.5. The Kier molecular flexibility index (Phi) is 4.96. The van der Waals surface area contributed by atoms with Crippen LogP contribution in [-0.4, -0.2) is 23.3 Å². The van der Waals surface area contributed by atoms with Gasteiger partial charge in [0.2, 0.25) is 0 Å². The molecule has 1 heterocycles. The van der Waals surface area contributed by atoms with E-state index in [1.54, 1.807) is 12.3 Å². The lowest BCUT2D eigenvalue weighted by Crippen LogP contribution is -2.15. The van der Waals surface area contributed by atoms with E-state index in [4.69, 9.17) is 33.2 Å². The molecular weight excluding hydrogens is 352 g/mol. The van der Waals surface area contributed by atoms with Crippen LogP contribution >= 0.6 is 35.0 Å². The van der Waals surface area contributed by atoms with Gasteiger partial charge in [-0.25, -0.2) is 9.37 Å². The second kappa shape index (κ2) is 6.57. The second-order valence-corrected chi connectivity index (χ2v) is 5.58. The van der Waals surface area contributed by atoms with E-state index in [1.165, 1.54) is 13.2 Å². The molecular formula is C13H8Cl2FN3O2S. The van der Waals surface area contributed by atoms with Crippen LogP contribution in [0.1, 0.15) is 5.56 Å². The number of halogens is 3. The third-order valence-electron chi connectivity index (χ3n) is 2.77. The van der Waals surface area contributed by atoms with Gasteiger partial charge >= 0.3 is 0 Å². The van der Waals surface area contributed by atoms with E-state index in [2.05, 4.69) is 9.97 Å². The molecule has 2 aromatic rings. The first kappa shape index (κ1) is 16.6. The number of benzene rings is 1. The van der Waals surface area contributed by atoms with Gasteiger partial charge in [0.05, 0.1) is 22.7 Å². The number of nitrogens with one attached hydrogen (secondary N) is 1. The molecule has 1 aromatic carbocycles. The average molecular weight is 360 g/mol. The fourth-order valence-corrected chi connectivity index (χ4v) is 2.79. The summed E-state index contributed by atoms with van der Waals surface area (Å²) < 4.78 is 19.5. The van der Waals surface area contributed by atoms with Crippen LogP contribution in [0.3, 0.4) is 0 Å². The van der Waals surface area contributed by atoms with E-state index >= 15 is 0 Å². The van der Waals surface area contributed by atoms with Crippen molar-refractivity contribution in [3.05, 3.63) is 37.8 Å². The van der Waals surface area contributed by atoms with Crippen LogP contribution in [0.15, 0.2) is 16.0 Å². The zero-order valence-electron chi connectivity index (χ0n) is 11.3. The first-order valence-electron chi connectivity index (χ1n) is 5.74. The maximum Gasteiger partial charge on any atom is 0.270 e. The molecule has 0 spiro atoms. The number of rotatable bonds is 3. The van der Waals surface area contributed by atoms with Gasteiger partial charge in [-0.3, -0.25) is 4.79 Å². The molecule has 0 unspecified atom stereocenters. The molecule has 1 aromatic heterocycles. The third kappa shape index (κ3) is 2.77. The molecule has 5 nitrogen and oxygen atoms in total. The van der Waals surface area contributed by atoms with Gasteiger partial charge in [-0.15, -0.1) is 0 Å². The number of aromatic nitrogens is 2. The fraction of sp³-hybridized carbons (Fsp3) is 0.154. The van der Waals surface area contributed by atoms with Crippen molar-refractivity contribution in [1.82, 2.24) is 9.97 Å². The molecule has 0 amide bonds. The Bertz CT molecular complexity index is 849. The SMILES string of the molecule is COc1c(Cl)cc(Cl)c(-c2nc(SC)[nH]c(=O)c2C#N)c1F. The predicted octanol–water partition coefficient (Wildman–Crippen LogP) is 3.48. The summed E-state index contributed by atoms with van der Waals surface area (Å²) >= 11 is 13.0. The maximum absolute atomic E-state index is 14.6. The van der Waals surface area contributed by atoms with Crippen molar-refractivity contribution >= 4 is 35.0 Å².